The molecule has 1 rings (SSSR count). The molecule has 1 heterocycles. The van der Waals surface area contributed by atoms with Crippen LogP contribution in [0.1, 0.15) is 33.1 Å². The number of hydrogen-bond acceptors (Lipinski definition) is 3. The molecule has 0 aliphatic carbocycles. The van der Waals surface area contributed by atoms with Crippen LogP contribution in [0.5, 0.6) is 0 Å². The van der Waals surface area contributed by atoms with Crippen molar-refractivity contribution in [3.05, 3.63) is 0 Å². The van der Waals surface area contributed by atoms with Crippen molar-refractivity contribution in [2.75, 3.05) is 33.0 Å². The molecule has 1 aliphatic rings. The Morgan fingerprint density at radius 3 is 2.27 bits per heavy atom. The predicted octanol–water partition coefficient (Wildman–Crippen LogP) is 2.69. The van der Waals surface area contributed by atoms with Gasteiger partial charge in [0.05, 0.1) is 6.10 Å². The number of likely N-dealkylation sites (tertiary alicyclic amines) is 1. The van der Waals surface area contributed by atoms with Gasteiger partial charge in [-0.15, -0.1) is 0 Å². The normalized spacial score (nSPS) is 18.8. The molecule has 0 bridgehead atoms. The van der Waals surface area contributed by atoms with Crippen molar-refractivity contribution in [1.82, 2.24) is 4.90 Å². The van der Waals surface area contributed by atoms with Crippen LogP contribution in [-0.2, 0) is 4.74 Å². The Bertz CT molecular complexity index is 134. The van der Waals surface area contributed by atoms with Crippen molar-refractivity contribution >= 4 is 12.6 Å². The topological polar surface area (TPSA) is 12.5 Å². The lowest BCUT2D eigenvalue weighted by atomic mass is 10.1. The maximum Gasteiger partial charge on any atom is 0.0599 e. The van der Waals surface area contributed by atoms with E-state index in [1.54, 1.807) is 6.26 Å². The first kappa shape index (κ1) is 15.3. The van der Waals surface area contributed by atoms with E-state index in [4.69, 9.17) is 4.74 Å². The van der Waals surface area contributed by atoms with Gasteiger partial charge in [0, 0.05) is 19.7 Å². The Morgan fingerprint density at radius 2 is 1.80 bits per heavy atom. The maximum absolute atomic E-state index is 5.82. The third kappa shape index (κ3) is 8.12. The van der Waals surface area contributed by atoms with Gasteiger partial charge in [-0.25, -0.2) is 0 Å². The number of nitrogens with zero attached hydrogens (tertiary/aromatic N) is 1. The smallest absolute Gasteiger partial charge is 0.0599 e. The quantitative estimate of drug-likeness (QED) is 0.750. The molecule has 2 nitrogen and oxygen atoms in total. The Hall–Kier alpha value is 0.270. The van der Waals surface area contributed by atoms with Gasteiger partial charge in [0.2, 0.25) is 0 Å². The molecule has 0 N–H and O–H groups in total. The molecule has 0 unspecified atom stereocenters. The fraction of sp³-hybridized carbons (Fsp3) is 1.00. The second-order valence-electron chi connectivity index (χ2n) is 4.56. The monoisotopic (exact) mass is 233 g/mol. The number of ether oxygens (including phenoxy) is 1. The zero-order valence-electron chi connectivity index (χ0n) is 10.7. The van der Waals surface area contributed by atoms with E-state index >= 15 is 0 Å². The summed E-state index contributed by atoms with van der Waals surface area (Å²) in [5.41, 5.74) is 0. The van der Waals surface area contributed by atoms with Gasteiger partial charge in [-0.1, -0.05) is 13.8 Å². The largest absolute Gasteiger partial charge is 0.378 e. The average molecular weight is 233 g/mol. The summed E-state index contributed by atoms with van der Waals surface area (Å²) in [5.74, 6) is 0.770. The van der Waals surface area contributed by atoms with Gasteiger partial charge in [0.25, 0.3) is 0 Å². The summed E-state index contributed by atoms with van der Waals surface area (Å²) in [6, 6.07) is 0. The van der Waals surface area contributed by atoms with Crippen molar-refractivity contribution < 1.29 is 4.74 Å². The highest BCUT2D eigenvalue weighted by atomic mass is 32.1. The molecule has 0 aromatic rings. The van der Waals surface area contributed by atoms with Crippen LogP contribution in [0.3, 0.4) is 0 Å². The van der Waals surface area contributed by atoms with Gasteiger partial charge >= 0.3 is 0 Å². The first-order valence-corrected chi connectivity index (χ1v) is 6.83. The highest BCUT2D eigenvalue weighted by Crippen LogP contribution is 2.13. The highest BCUT2D eigenvalue weighted by Gasteiger charge is 2.16. The van der Waals surface area contributed by atoms with E-state index in [2.05, 4.69) is 38.4 Å². The van der Waals surface area contributed by atoms with Gasteiger partial charge in [-0.05, 0) is 38.5 Å². The summed E-state index contributed by atoms with van der Waals surface area (Å²) < 4.78 is 5.82. The second kappa shape index (κ2) is 9.49. The fourth-order valence-electron chi connectivity index (χ4n) is 1.62. The third-order valence-electron chi connectivity index (χ3n) is 2.71. The van der Waals surface area contributed by atoms with E-state index in [0.717, 1.165) is 12.5 Å². The highest BCUT2D eigenvalue weighted by molar-refractivity contribution is 7.79. The van der Waals surface area contributed by atoms with E-state index in [1.165, 1.54) is 32.4 Å². The summed E-state index contributed by atoms with van der Waals surface area (Å²) in [4.78, 5) is 2.38. The van der Waals surface area contributed by atoms with Crippen molar-refractivity contribution in [1.29, 1.82) is 0 Å². The van der Waals surface area contributed by atoms with Gasteiger partial charge in [-0.2, -0.15) is 12.6 Å². The maximum atomic E-state index is 5.82. The van der Waals surface area contributed by atoms with Crippen molar-refractivity contribution in [3.63, 3.8) is 0 Å². The van der Waals surface area contributed by atoms with Crippen LogP contribution < -0.4 is 0 Å². The molecule has 1 fully saturated rings. The molecule has 15 heavy (non-hydrogen) atoms. The SMILES string of the molecule is CC(C)CCOC1CCN(C)CC1.CS. The molecule has 0 aromatic carbocycles. The predicted molar refractivity (Wildman–Crippen MR) is 70.8 cm³/mol. The number of piperidine rings is 1. The first-order chi connectivity index (χ1) is 7.18. The fourth-order valence-corrected chi connectivity index (χ4v) is 1.62. The van der Waals surface area contributed by atoms with E-state index in [0.29, 0.717) is 6.10 Å². The van der Waals surface area contributed by atoms with E-state index in [9.17, 15) is 0 Å². The molecule has 0 radical (unpaired) electrons. The summed E-state index contributed by atoms with van der Waals surface area (Å²) in [5, 5.41) is 0. The van der Waals surface area contributed by atoms with Crippen LogP contribution >= 0.6 is 12.6 Å². The zero-order chi connectivity index (χ0) is 11.7. The Kier molecular flexibility index (Phi) is 9.66. The molecule has 0 aromatic heterocycles. The number of rotatable bonds is 4. The lowest BCUT2D eigenvalue weighted by Crippen LogP contribution is -2.34. The van der Waals surface area contributed by atoms with Crippen molar-refractivity contribution in [2.24, 2.45) is 5.92 Å². The molecule has 92 valence electrons. The standard InChI is InChI=1S/C11H23NO.CH4S/c1-10(2)6-9-13-11-4-7-12(3)8-5-11;1-2/h10-11H,4-9H2,1-3H3;2H,1H3. The molecule has 0 spiro atoms. The van der Waals surface area contributed by atoms with Crippen LogP contribution in [0.25, 0.3) is 0 Å². The second-order valence-corrected chi connectivity index (χ2v) is 4.56. The van der Waals surface area contributed by atoms with Gasteiger partial charge in [-0.3, -0.25) is 0 Å². The Labute approximate surface area is 101 Å². The summed E-state index contributed by atoms with van der Waals surface area (Å²) in [7, 11) is 2.18. The summed E-state index contributed by atoms with van der Waals surface area (Å²) in [6.45, 7) is 7.85. The van der Waals surface area contributed by atoms with Gasteiger partial charge < -0.3 is 9.64 Å². The minimum absolute atomic E-state index is 0.537. The Balaban J connectivity index is 0.000000921. The molecule has 0 atom stereocenters. The minimum atomic E-state index is 0.537. The summed E-state index contributed by atoms with van der Waals surface area (Å²) >= 11 is 3.53. The molecule has 1 aliphatic heterocycles. The number of thiol groups is 1. The first-order valence-electron chi connectivity index (χ1n) is 5.93. The van der Waals surface area contributed by atoms with E-state index < -0.39 is 0 Å². The summed E-state index contributed by atoms with van der Waals surface area (Å²) in [6.07, 6.45) is 5.87. The Morgan fingerprint density at radius 1 is 1.27 bits per heavy atom. The van der Waals surface area contributed by atoms with Crippen LogP contribution in [0, 0.1) is 5.92 Å². The van der Waals surface area contributed by atoms with Crippen LogP contribution in [0.2, 0.25) is 0 Å². The lowest BCUT2D eigenvalue weighted by Gasteiger charge is -2.29. The number of hydrogen-bond donors (Lipinski definition) is 1. The van der Waals surface area contributed by atoms with Crippen molar-refractivity contribution in [2.45, 2.75) is 39.2 Å². The third-order valence-corrected chi connectivity index (χ3v) is 2.71. The van der Waals surface area contributed by atoms with Gasteiger partial charge in [0.1, 0.15) is 0 Å². The lowest BCUT2D eigenvalue weighted by molar-refractivity contribution is 0.00796. The molecular weight excluding hydrogens is 206 g/mol. The van der Waals surface area contributed by atoms with Gasteiger partial charge in [0.15, 0.2) is 0 Å². The molecule has 0 saturated carbocycles. The molecule has 1 saturated heterocycles. The van der Waals surface area contributed by atoms with E-state index in [-0.39, 0.29) is 0 Å². The molecular formula is C12H27NOS. The van der Waals surface area contributed by atoms with Crippen molar-refractivity contribution in [3.8, 4) is 0 Å². The zero-order valence-corrected chi connectivity index (χ0v) is 11.6. The van der Waals surface area contributed by atoms with Crippen LogP contribution in [0.15, 0.2) is 0 Å². The minimum Gasteiger partial charge on any atom is -0.378 e. The molecule has 3 heteroatoms. The van der Waals surface area contributed by atoms with Crippen LogP contribution in [-0.4, -0.2) is 44.0 Å². The van der Waals surface area contributed by atoms with Crippen LogP contribution in [0.4, 0.5) is 0 Å². The van der Waals surface area contributed by atoms with E-state index in [1.807, 2.05) is 0 Å². The average Bonchev–Trinajstić information content (AvgIpc) is 2.23. The molecule has 0 amide bonds.